The molecule has 0 unspecified atom stereocenters. The number of carbonyl (C=O) groups excluding carboxylic acids is 1. The molecule has 0 aliphatic carbocycles. The number of ether oxygens (including phenoxy) is 1. The molecule has 0 fully saturated rings. The molecule has 3 heterocycles. The van der Waals surface area contributed by atoms with Crippen molar-refractivity contribution in [2.75, 3.05) is 17.2 Å². The monoisotopic (exact) mass is 475 g/mol. The number of aromatic nitrogens is 3. The maximum atomic E-state index is 12.6. The van der Waals surface area contributed by atoms with Crippen LogP contribution in [0.4, 0.5) is 11.5 Å². The van der Waals surface area contributed by atoms with Gasteiger partial charge in [-0.3, -0.25) is 9.69 Å². The number of amides is 1. The van der Waals surface area contributed by atoms with Crippen LogP contribution in [0.25, 0.3) is 11.1 Å². The fourth-order valence-electron chi connectivity index (χ4n) is 3.86. The Hall–Kier alpha value is -4.03. The highest BCUT2D eigenvalue weighted by Crippen LogP contribution is 2.39. The third-order valence-electron chi connectivity index (χ3n) is 5.36. The zero-order valence-electron chi connectivity index (χ0n) is 18.7. The van der Waals surface area contributed by atoms with E-state index in [1.54, 1.807) is 23.1 Å². The summed E-state index contributed by atoms with van der Waals surface area (Å²) in [4.78, 5) is 26.9. The van der Waals surface area contributed by atoms with Crippen molar-refractivity contribution in [3.05, 3.63) is 58.3 Å². The number of hydrogen-bond acceptors (Lipinski definition) is 8. The third kappa shape index (κ3) is 4.40. The van der Waals surface area contributed by atoms with Crippen LogP contribution in [0.2, 0.25) is 5.02 Å². The minimum atomic E-state index is -0.232. The molecule has 34 heavy (non-hydrogen) atoms. The average molecular weight is 476 g/mol. The van der Waals surface area contributed by atoms with Crippen molar-refractivity contribution in [1.29, 1.82) is 10.7 Å². The topological polar surface area (TPSA) is 142 Å². The van der Waals surface area contributed by atoms with Gasteiger partial charge in [-0.05, 0) is 30.0 Å². The Labute approximate surface area is 201 Å². The molecular weight excluding hydrogens is 454 g/mol. The predicted molar refractivity (Wildman–Crippen MR) is 129 cm³/mol. The molecule has 0 spiro atoms. The van der Waals surface area contributed by atoms with Gasteiger partial charge in [0.15, 0.2) is 6.61 Å². The lowest BCUT2D eigenvalue weighted by molar-refractivity contribution is -0.121. The molecule has 1 aromatic carbocycles. The number of rotatable bonds is 6. The minimum absolute atomic E-state index is 0.149. The van der Waals surface area contributed by atoms with Gasteiger partial charge in [0.1, 0.15) is 23.5 Å². The summed E-state index contributed by atoms with van der Waals surface area (Å²) >= 11 is 5.86. The maximum absolute atomic E-state index is 12.6. The number of nitrogen functional groups attached to an aromatic ring is 1. The van der Waals surface area contributed by atoms with E-state index in [4.69, 9.17) is 27.5 Å². The van der Waals surface area contributed by atoms with Crippen LogP contribution >= 0.6 is 11.6 Å². The second-order valence-corrected chi connectivity index (χ2v) is 8.67. The average Bonchev–Trinajstić information content (AvgIpc) is 2.81. The van der Waals surface area contributed by atoms with Crippen LogP contribution in [-0.2, 0) is 17.8 Å². The smallest absolute Gasteiger partial charge is 0.265 e. The van der Waals surface area contributed by atoms with Gasteiger partial charge in [-0.25, -0.2) is 15.0 Å². The lowest BCUT2D eigenvalue weighted by atomic mass is 9.91. The first-order valence-corrected chi connectivity index (χ1v) is 11.0. The van der Waals surface area contributed by atoms with Crippen LogP contribution in [0.1, 0.15) is 36.5 Å². The zero-order valence-corrected chi connectivity index (χ0v) is 19.4. The Morgan fingerprint density at radius 2 is 2.09 bits per heavy atom. The highest BCUT2D eigenvalue weighted by atomic mass is 35.5. The Balaban J connectivity index is 1.81. The number of halogens is 1. The van der Waals surface area contributed by atoms with Crippen LogP contribution in [0.5, 0.6) is 5.75 Å². The molecule has 1 aliphatic heterocycles. The van der Waals surface area contributed by atoms with Gasteiger partial charge in [0.2, 0.25) is 0 Å². The number of nitriles is 1. The largest absolute Gasteiger partial charge is 0.482 e. The molecule has 9 nitrogen and oxygen atoms in total. The van der Waals surface area contributed by atoms with E-state index >= 15 is 0 Å². The van der Waals surface area contributed by atoms with Crippen molar-refractivity contribution in [2.24, 2.45) is 5.92 Å². The number of fused-ring (bicyclic) bond motifs is 1. The predicted octanol–water partition coefficient (Wildman–Crippen LogP) is 3.77. The summed E-state index contributed by atoms with van der Waals surface area (Å²) < 4.78 is 5.72. The number of anilines is 2. The molecule has 3 aromatic rings. The van der Waals surface area contributed by atoms with Gasteiger partial charge in [0, 0.05) is 29.7 Å². The zero-order chi connectivity index (χ0) is 24.4. The number of carbonyl (C=O) groups is 1. The van der Waals surface area contributed by atoms with E-state index in [2.05, 4.69) is 21.0 Å². The van der Waals surface area contributed by atoms with Crippen LogP contribution in [0.15, 0.2) is 30.6 Å². The first-order chi connectivity index (χ1) is 16.3. The number of pyridine rings is 1. The van der Waals surface area contributed by atoms with Crippen LogP contribution in [0.3, 0.4) is 0 Å². The van der Waals surface area contributed by atoms with Crippen molar-refractivity contribution in [2.45, 2.75) is 26.8 Å². The molecule has 1 amide bonds. The second-order valence-electron chi connectivity index (χ2n) is 8.23. The van der Waals surface area contributed by atoms with Gasteiger partial charge in [0.25, 0.3) is 5.91 Å². The van der Waals surface area contributed by atoms with Crippen LogP contribution < -0.4 is 15.4 Å². The van der Waals surface area contributed by atoms with E-state index < -0.39 is 0 Å². The molecule has 0 saturated heterocycles. The van der Waals surface area contributed by atoms with E-state index in [0.29, 0.717) is 56.7 Å². The van der Waals surface area contributed by atoms with Crippen molar-refractivity contribution in [3.8, 4) is 22.9 Å². The highest BCUT2D eigenvalue weighted by molar-refractivity contribution is 6.30. The quantitative estimate of drug-likeness (QED) is 0.516. The molecule has 10 heteroatoms. The summed E-state index contributed by atoms with van der Waals surface area (Å²) in [5.41, 5.74) is 9.21. The number of nitrogens with one attached hydrogen (secondary N) is 1. The number of nitrogens with zero attached hydrogens (tertiary/aromatic N) is 5. The molecule has 2 aromatic heterocycles. The van der Waals surface area contributed by atoms with Gasteiger partial charge in [-0.2, -0.15) is 5.26 Å². The summed E-state index contributed by atoms with van der Waals surface area (Å²) in [6.45, 7) is 4.07. The second kappa shape index (κ2) is 9.45. The van der Waals surface area contributed by atoms with Gasteiger partial charge in [-0.15, -0.1) is 0 Å². The van der Waals surface area contributed by atoms with E-state index in [-0.39, 0.29) is 30.8 Å². The van der Waals surface area contributed by atoms with Crippen molar-refractivity contribution >= 4 is 35.2 Å². The summed E-state index contributed by atoms with van der Waals surface area (Å²) in [5, 5.41) is 18.3. The lowest BCUT2D eigenvalue weighted by Gasteiger charge is -2.29. The van der Waals surface area contributed by atoms with Crippen molar-refractivity contribution in [3.63, 3.8) is 0 Å². The molecule has 0 radical (unpaired) electrons. The standard InChI is InChI=1S/C24H22ClN7O2/c1-13(2)5-18-16(7-26)23(17(8-27)24(28)31-18)14-3-4-19-20(6-14)34-12-22(33)32(19)11-21-29-9-15(25)10-30-21/h3-4,6,8-10,13,27H,5,11-12H2,1-2H3,(H2,28,31). The minimum Gasteiger partial charge on any atom is -0.482 e. The number of hydrogen-bond donors (Lipinski definition) is 2. The summed E-state index contributed by atoms with van der Waals surface area (Å²) in [6, 6.07) is 7.52. The summed E-state index contributed by atoms with van der Waals surface area (Å²) in [6.07, 6.45) is 4.63. The molecule has 3 N–H and O–H groups in total. The Bertz CT molecular complexity index is 1320. The number of nitrogens with two attached hydrogens (primary N) is 1. The van der Waals surface area contributed by atoms with Crippen molar-refractivity contribution < 1.29 is 9.53 Å². The Morgan fingerprint density at radius 1 is 1.35 bits per heavy atom. The molecule has 0 bridgehead atoms. The molecule has 172 valence electrons. The Kier molecular flexibility index (Phi) is 6.43. The Morgan fingerprint density at radius 3 is 2.74 bits per heavy atom. The fraction of sp³-hybridized carbons (Fsp3) is 0.250. The molecule has 1 aliphatic rings. The van der Waals surface area contributed by atoms with E-state index in [1.807, 2.05) is 13.8 Å². The van der Waals surface area contributed by atoms with Gasteiger partial charge in [0.05, 0.1) is 28.5 Å². The van der Waals surface area contributed by atoms with E-state index in [0.717, 1.165) is 6.21 Å². The van der Waals surface area contributed by atoms with E-state index in [9.17, 15) is 10.1 Å². The fourth-order valence-corrected chi connectivity index (χ4v) is 3.96. The molecule has 0 atom stereocenters. The summed E-state index contributed by atoms with van der Waals surface area (Å²) in [7, 11) is 0. The van der Waals surface area contributed by atoms with Crippen LogP contribution in [0, 0.1) is 22.7 Å². The van der Waals surface area contributed by atoms with Crippen molar-refractivity contribution in [1.82, 2.24) is 15.0 Å². The van der Waals surface area contributed by atoms with Gasteiger partial charge >= 0.3 is 0 Å². The van der Waals surface area contributed by atoms with Gasteiger partial charge in [-0.1, -0.05) is 31.5 Å². The third-order valence-corrected chi connectivity index (χ3v) is 5.56. The first-order valence-electron chi connectivity index (χ1n) is 10.6. The van der Waals surface area contributed by atoms with Gasteiger partial charge < -0.3 is 15.9 Å². The summed E-state index contributed by atoms with van der Waals surface area (Å²) in [5.74, 6) is 1.12. The normalized spacial score (nSPS) is 12.8. The van der Waals surface area contributed by atoms with Crippen LogP contribution in [-0.4, -0.2) is 33.7 Å². The maximum Gasteiger partial charge on any atom is 0.265 e. The van der Waals surface area contributed by atoms with E-state index in [1.165, 1.54) is 12.4 Å². The highest BCUT2D eigenvalue weighted by Gasteiger charge is 2.28. The molecular formula is C24H22ClN7O2. The SMILES string of the molecule is CC(C)Cc1nc(N)c(C=N)c(-c2ccc3c(c2)OCC(=O)N3Cc2ncc(Cl)cn2)c1C#N. The first kappa shape index (κ1) is 23.1. The lowest BCUT2D eigenvalue weighted by Crippen LogP contribution is -2.38. The molecule has 0 saturated carbocycles. The number of benzene rings is 1. The molecule has 4 rings (SSSR count).